The minimum atomic E-state index is -0.487. The Balaban J connectivity index is 1.89. The van der Waals surface area contributed by atoms with Crippen LogP contribution in [0.5, 0.6) is 5.75 Å². The van der Waals surface area contributed by atoms with E-state index in [4.69, 9.17) is 4.74 Å². The fourth-order valence-electron chi connectivity index (χ4n) is 2.77. The highest BCUT2D eigenvalue weighted by molar-refractivity contribution is 5.80. The average Bonchev–Trinajstić information content (AvgIpc) is 2.91. The van der Waals surface area contributed by atoms with E-state index < -0.39 is 6.10 Å². The maximum absolute atomic E-state index is 12.2. The molecule has 0 aliphatic heterocycles. The molecule has 1 aliphatic carbocycles. The van der Waals surface area contributed by atoms with Gasteiger partial charge in [0.1, 0.15) is 5.75 Å². The summed E-state index contributed by atoms with van der Waals surface area (Å²) in [5, 5.41) is 12.8. The fourth-order valence-corrected chi connectivity index (χ4v) is 2.77. The second-order valence-corrected chi connectivity index (χ2v) is 6.61. The van der Waals surface area contributed by atoms with E-state index in [1.54, 1.807) is 0 Å². The van der Waals surface area contributed by atoms with E-state index in [0.29, 0.717) is 12.5 Å². The molecule has 0 bridgehead atoms. The van der Waals surface area contributed by atoms with Gasteiger partial charge in [0.05, 0.1) is 24.7 Å². The zero-order valence-electron chi connectivity index (χ0n) is 13.7. The lowest BCUT2D eigenvalue weighted by atomic mass is 10.0. The Labute approximate surface area is 132 Å². The van der Waals surface area contributed by atoms with Crippen LogP contribution in [0.1, 0.15) is 51.6 Å². The first-order valence-corrected chi connectivity index (χ1v) is 8.18. The maximum atomic E-state index is 12.2. The van der Waals surface area contributed by atoms with Crippen molar-refractivity contribution in [3.63, 3.8) is 0 Å². The number of ether oxygens (including phenoxy) is 1. The molecule has 122 valence electrons. The van der Waals surface area contributed by atoms with E-state index in [0.717, 1.165) is 30.6 Å². The first-order chi connectivity index (χ1) is 10.5. The highest BCUT2D eigenvalue weighted by Gasteiger charge is 2.31. The van der Waals surface area contributed by atoms with Crippen molar-refractivity contribution in [2.24, 2.45) is 11.8 Å². The molecule has 4 nitrogen and oxygen atoms in total. The molecule has 22 heavy (non-hydrogen) atoms. The summed E-state index contributed by atoms with van der Waals surface area (Å²) in [6.45, 7) is 6.89. The molecule has 1 aromatic rings. The standard InChI is InChI=1S/C18H27NO3/c1-12(2)11-22-15-9-7-14(8-10-15)13(3)19-18(21)16-5-4-6-17(16)20/h7-10,12-13,16-17,20H,4-6,11H2,1-3H3,(H,19,21). The predicted octanol–water partition coefficient (Wildman–Crippen LogP) is 3.06. The number of hydrogen-bond acceptors (Lipinski definition) is 3. The lowest BCUT2D eigenvalue weighted by molar-refractivity contribution is -0.128. The Morgan fingerprint density at radius 1 is 1.27 bits per heavy atom. The molecule has 2 N–H and O–H groups in total. The van der Waals surface area contributed by atoms with Crippen LogP contribution in [0.2, 0.25) is 0 Å². The van der Waals surface area contributed by atoms with E-state index in [9.17, 15) is 9.90 Å². The molecule has 0 spiro atoms. The Morgan fingerprint density at radius 2 is 1.95 bits per heavy atom. The van der Waals surface area contributed by atoms with Crippen molar-refractivity contribution in [3.05, 3.63) is 29.8 Å². The summed E-state index contributed by atoms with van der Waals surface area (Å²) in [6.07, 6.45) is 1.95. The summed E-state index contributed by atoms with van der Waals surface area (Å²) in [5.74, 6) is 1.05. The van der Waals surface area contributed by atoms with Gasteiger partial charge in [0.25, 0.3) is 0 Å². The number of amides is 1. The Hall–Kier alpha value is -1.55. The fraction of sp³-hybridized carbons (Fsp3) is 0.611. The molecule has 0 saturated heterocycles. The first kappa shape index (κ1) is 16.8. The summed E-state index contributed by atoms with van der Waals surface area (Å²) in [7, 11) is 0. The second kappa shape index (κ2) is 7.63. The highest BCUT2D eigenvalue weighted by Crippen LogP contribution is 2.26. The smallest absolute Gasteiger partial charge is 0.226 e. The van der Waals surface area contributed by atoms with Gasteiger partial charge in [-0.05, 0) is 49.8 Å². The molecule has 3 unspecified atom stereocenters. The number of benzene rings is 1. The topological polar surface area (TPSA) is 58.6 Å². The molecule has 0 radical (unpaired) electrons. The lowest BCUT2D eigenvalue weighted by Gasteiger charge is -2.19. The number of hydrogen-bond donors (Lipinski definition) is 2. The van der Waals surface area contributed by atoms with Crippen molar-refractivity contribution >= 4 is 5.91 Å². The largest absolute Gasteiger partial charge is 0.493 e. The van der Waals surface area contributed by atoms with Gasteiger partial charge in [-0.15, -0.1) is 0 Å². The van der Waals surface area contributed by atoms with E-state index in [-0.39, 0.29) is 17.9 Å². The Morgan fingerprint density at radius 3 is 2.50 bits per heavy atom. The van der Waals surface area contributed by atoms with Crippen LogP contribution in [0.4, 0.5) is 0 Å². The second-order valence-electron chi connectivity index (χ2n) is 6.61. The number of carbonyl (C=O) groups is 1. The van der Waals surface area contributed by atoms with Gasteiger partial charge >= 0.3 is 0 Å². The average molecular weight is 305 g/mol. The van der Waals surface area contributed by atoms with Crippen LogP contribution in [0.15, 0.2) is 24.3 Å². The third kappa shape index (κ3) is 4.47. The van der Waals surface area contributed by atoms with Crippen LogP contribution in [0.3, 0.4) is 0 Å². The lowest BCUT2D eigenvalue weighted by Crippen LogP contribution is -2.36. The highest BCUT2D eigenvalue weighted by atomic mass is 16.5. The summed E-state index contributed by atoms with van der Waals surface area (Å²) >= 11 is 0. The summed E-state index contributed by atoms with van der Waals surface area (Å²) in [4.78, 5) is 12.2. The number of aliphatic hydroxyl groups excluding tert-OH is 1. The number of rotatable bonds is 6. The zero-order valence-corrected chi connectivity index (χ0v) is 13.7. The quantitative estimate of drug-likeness (QED) is 0.849. The van der Waals surface area contributed by atoms with Gasteiger partial charge in [0.2, 0.25) is 5.91 Å². The maximum Gasteiger partial charge on any atom is 0.226 e. The van der Waals surface area contributed by atoms with Crippen LogP contribution in [-0.2, 0) is 4.79 Å². The van der Waals surface area contributed by atoms with Crippen LogP contribution in [0, 0.1) is 11.8 Å². The van der Waals surface area contributed by atoms with Crippen LogP contribution in [-0.4, -0.2) is 23.7 Å². The van der Waals surface area contributed by atoms with E-state index >= 15 is 0 Å². The first-order valence-electron chi connectivity index (χ1n) is 8.18. The molecule has 1 fully saturated rings. The van der Waals surface area contributed by atoms with E-state index in [1.807, 2.05) is 31.2 Å². The van der Waals surface area contributed by atoms with Gasteiger partial charge in [-0.3, -0.25) is 4.79 Å². The number of aliphatic hydroxyl groups is 1. The SMILES string of the molecule is CC(C)COc1ccc(C(C)NC(=O)C2CCCC2O)cc1. The molecule has 4 heteroatoms. The molecular weight excluding hydrogens is 278 g/mol. The molecule has 0 aromatic heterocycles. The predicted molar refractivity (Wildman–Crippen MR) is 86.7 cm³/mol. The minimum Gasteiger partial charge on any atom is -0.493 e. The number of carbonyl (C=O) groups excluding carboxylic acids is 1. The van der Waals surface area contributed by atoms with Crippen LogP contribution >= 0.6 is 0 Å². The molecule has 1 aromatic carbocycles. The van der Waals surface area contributed by atoms with Gasteiger partial charge in [-0.25, -0.2) is 0 Å². The van der Waals surface area contributed by atoms with E-state index in [2.05, 4.69) is 19.2 Å². The van der Waals surface area contributed by atoms with Crippen molar-refractivity contribution in [2.75, 3.05) is 6.61 Å². The van der Waals surface area contributed by atoms with Crippen LogP contribution in [0.25, 0.3) is 0 Å². The van der Waals surface area contributed by atoms with Crippen molar-refractivity contribution < 1.29 is 14.6 Å². The molecule has 2 rings (SSSR count). The Bertz CT molecular complexity index is 484. The number of nitrogens with one attached hydrogen (secondary N) is 1. The van der Waals surface area contributed by atoms with Gasteiger partial charge in [-0.1, -0.05) is 26.0 Å². The summed E-state index contributed by atoms with van der Waals surface area (Å²) < 4.78 is 5.66. The molecule has 3 atom stereocenters. The summed E-state index contributed by atoms with van der Waals surface area (Å²) in [6, 6.07) is 7.76. The molecule has 1 aliphatic rings. The molecule has 1 saturated carbocycles. The van der Waals surface area contributed by atoms with Gasteiger partial charge in [0, 0.05) is 0 Å². The van der Waals surface area contributed by atoms with Gasteiger partial charge in [-0.2, -0.15) is 0 Å². The monoisotopic (exact) mass is 305 g/mol. The third-order valence-electron chi connectivity index (χ3n) is 4.14. The van der Waals surface area contributed by atoms with Crippen LogP contribution < -0.4 is 10.1 Å². The molecule has 0 heterocycles. The minimum absolute atomic E-state index is 0.0439. The van der Waals surface area contributed by atoms with Crippen molar-refractivity contribution in [1.29, 1.82) is 0 Å². The summed E-state index contributed by atoms with van der Waals surface area (Å²) in [5.41, 5.74) is 1.04. The van der Waals surface area contributed by atoms with Gasteiger partial charge in [0.15, 0.2) is 0 Å². The Kier molecular flexibility index (Phi) is 5.83. The van der Waals surface area contributed by atoms with Crippen molar-refractivity contribution in [3.8, 4) is 5.75 Å². The van der Waals surface area contributed by atoms with Gasteiger partial charge < -0.3 is 15.2 Å². The van der Waals surface area contributed by atoms with Crippen molar-refractivity contribution in [1.82, 2.24) is 5.32 Å². The molecular formula is C18H27NO3. The molecule has 1 amide bonds. The zero-order chi connectivity index (χ0) is 16.1. The van der Waals surface area contributed by atoms with E-state index in [1.165, 1.54) is 0 Å². The normalized spacial score (nSPS) is 22.6. The third-order valence-corrected chi connectivity index (χ3v) is 4.14. The van der Waals surface area contributed by atoms with Crippen molar-refractivity contribution in [2.45, 2.75) is 52.2 Å².